The maximum Gasteiger partial charge on any atom is 0.188 e. The normalized spacial score (nSPS) is 11.4. The van der Waals surface area contributed by atoms with Crippen molar-refractivity contribution in [3.8, 4) is 0 Å². The molecule has 0 bridgehead atoms. The van der Waals surface area contributed by atoms with Gasteiger partial charge in [-0.15, -0.1) is 11.6 Å². The lowest BCUT2D eigenvalue weighted by molar-refractivity contribution is 0.0852. The van der Waals surface area contributed by atoms with Crippen molar-refractivity contribution in [2.45, 2.75) is 26.7 Å². The van der Waals surface area contributed by atoms with Gasteiger partial charge in [0.2, 0.25) is 0 Å². The summed E-state index contributed by atoms with van der Waals surface area (Å²) in [6, 6.07) is 0. The van der Waals surface area contributed by atoms with Gasteiger partial charge in [-0.25, -0.2) is 4.98 Å². The predicted octanol–water partition coefficient (Wildman–Crippen LogP) is 2.44. The Bertz CT molecular complexity index is 327. The molecule has 76 valence electrons. The first-order valence-electron chi connectivity index (χ1n) is 4.37. The number of alkyl halides is 1. The van der Waals surface area contributed by atoms with E-state index in [4.69, 9.17) is 11.6 Å². The highest BCUT2D eigenvalue weighted by Gasteiger charge is 2.24. The highest BCUT2D eigenvalue weighted by molar-refractivity contribution is 6.16. The molecule has 0 aliphatic carbocycles. The Labute approximate surface area is 88.5 Å². The van der Waals surface area contributed by atoms with Gasteiger partial charge < -0.3 is 0 Å². The third-order valence-corrected chi connectivity index (χ3v) is 2.03. The minimum atomic E-state index is -0.419. The molecule has 1 aromatic rings. The van der Waals surface area contributed by atoms with E-state index in [1.807, 2.05) is 20.8 Å². The van der Waals surface area contributed by atoms with Gasteiger partial charge in [-0.2, -0.15) is 0 Å². The van der Waals surface area contributed by atoms with E-state index in [1.54, 1.807) is 0 Å². The zero-order chi connectivity index (χ0) is 10.8. The molecule has 0 aliphatic rings. The molecular weight excluding hydrogens is 200 g/mol. The number of hydrogen-bond donors (Lipinski definition) is 0. The second-order valence-electron chi connectivity index (χ2n) is 4.11. The predicted molar refractivity (Wildman–Crippen MR) is 55.4 cm³/mol. The third-order valence-electron chi connectivity index (χ3n) is 1.76. The Hall–Kier alpha value is -0.960. The fraction of sp³-hybridized carbons (Fsp3) is 0.500. The zero-order valence-corrected chi connectivity index (χ0v) is 9.30. The minimum absolute atomic E-state index is 0.00822. The molecule has 0 saturated carbocycles. The number of halogens is 1. The van der Waals surface area contributed by atoms with Crippen LogP contribution < -0.4 is 0 Å². The minimum Gasteiger partial charge on any atom is -0.292 e. The number of carbonyl (C=O) groups excluding carboxylic acids is 1. The van der Waals surface area contributed by atoms with Crippen molar-refractivity contribution in [3.63, 3.8) is 0 Å². The van der Waals surface area contributed by atoms with Crippen LogP contribution in [0.1, 0.15) is 37.0 Å². The Morgan fingerprint density at radius 1 is 1.36 bits per heavy atom. The summed E-state index contributed by atoms with van der Waals surface area (Å²) in [5, 5.41) is 0. The first-order chi connectivity index (χ1) is 6.45. The zero-order valence-electron chi connectivity index (χ0n) is 8.54. The van der Waals surface area contributed by atoms with Crippen LogP contribution in [-0.4, -0.2) is 15.8 Å². The molecule has 0 fully saturated rings. The van der Waals surface area contributed by atoms with Crippen molar-refractivity contribution < 1.29 is 4.79 Å². The second kappa shape index (κ2) is 4.05. The van der Waals surface area contributed by atoms with Crippen LogP contribution in [0.2, 0.25) is 0 Å². The van der Waals surface area contributed by atoms with E-state index < -0.39 is 5.41 Å². The molecule has 0 N–H and O–H groups in total. The molecule has 0 unspecified atom stereocenters. The molecule has 0 saturated heterocycles. The lowest BCUT2D eigenvalue weighted by Crippen LogP contribution is -2.21. The Kier molecular flexibility index (Phi) is 3.21. The Balaban J connectivity index is 2.93. The lowest BCUT2D eigenvalue weighted by atomic mass is 9.89. The van der Waals surface area contributed by atoms with Crippen LogP contribution in [0.15, 0.2) is 12.4 Å². The van der Waals surface area contributed by atoms with Gasteiger partial charge in [0, 0.05) is 5.41 Å². The standard InChI is InChI=1S/C10H13ClN2O/c1-10(2,3)9(14)8-6-12-7(4-11)5-13-8/h5-6H,4H2,1-3H3. The first-order valence-corrected chi connectivity index (χ1v) is 4.90. The molecule has 0 radical (unpaired) electrons. The van der Waals surface area contributed by atoms with Crippen molar-refractivity contribution in [1.82, 2.24) is 9.97 Å². The molecule has 0 spiro atoms. The summed E-state index contributed by atoms with van der Waals surface area (Å²) in [5.41, 5.74) is 0.653. The van der Waals surface area contributed by atoms with Crippen LogP contribution in [0.3, 0.4) is 0 Å². The number of nitrogens with zero attached hydrogens (tertiary/aromatic N) is 2. The number of carbonyl (C=O) groups is 1. The maximum atomic E-state index is 11.7. The third kappa shape index (κ3) is 2.51. The van der Waals surface area contributed by atoms with E-state index in [0.29, 0.717) is 17.3 Å². The molecule has 1 rings (SSSR count). The topological polar surface area (TPSA) is 42.9 Å². The number of aromatic nitrogens is 2. The van der Waals surface area contributed by atoms with Crippen LogP contribution in [0.4, 0.5) is 0 Å². The monoisotopic (exact) mass is 212 g/mol. The molecular formula is C10H13ClN2O. The van der Waals surface area contributed by atoms with E-state index in [2.05, 4.69) is 9.97 Å². The maximum absolute atomic E-state index is 11.7. The summed E-state index contributed by atoms with van der Waals surface area (Å²) in [4.78, 5) is 19.8. The molecule has 0 aromatic carbocycles. The van der Waals surface area contributed by atoms with E-state index >= 15 is 0 Å². The van der Waals surface area contributed by atoms with Crippen molar-refractivity contribution in [1.29, 1.82) is 0 Å². The van der Waals surface area contributed by atoms with Crippen molar-refractivity contribution in [2.75, 3.05) is 0 Å². The van der Waals surface area contributed by atoms with Gasteiger partial charge in [0.1, 0.15) is 5.69 Å². The number of rotatable bonds is 2. The number of Topliss-reactive ketones (excluding diaryl/α,β-unsaturated/α-hetero) is 1. The highest BCUT2D eigenvalue weighted by Crippen LogP contribution is 2.18. The van der Waals surface area contributed by atoms with Crippen molar-refractivity contribution >= 4 is 17.4 Å². The van der Waals surface area contributed by atoms with E-state index in [1.165, 1.54) is 12.4 Å². The molecule has 0 atom stereocenters. The van der Waals surface area contributed by atoms with Gasteiger partial charge in [-0.3, -0.25) is 9.78 Å². The summed E-state index contributed by atoms with van der Waals surface area (Å²) >= 11 is 5.56. The van der Waals surface area contributed by atoms with E-state index in [-0.39, 0.29) is 5.78 Å². The van der Waals surface area contributed by atoms with Crippen molar-refractivity contribution in [3.05, 3.63) is 23.8 Å². The SMILES string of the molecule is CC(C)(C)C(=O)c1cnc(CCl)cn1. The molecule has 0 amide bonds. The summed E-state index contributed by atoms with van der Waals surface area (Å²) in [7, 11) is 0. The van der Waals surface area contributed by atoms with Crippen LogP contribution in [-0.2, 0) is 5.88 Å². The van der Waals surface area contributed by atoms with Crippen molar-refractivity contribution in [2.24, 2.45) is 5.41 Å². The smallest absolute Gasteiger partial charge is 0.188 e. The number of ketones is 1. The molecule has 0 aliphatic heterocycles. The number of hydrogen-bond acceptors (Lipinski definition) is 3. The average molecular weight is 213 g/mol. The van der Waals surface area contributed by atoms with Crippen LogP contribution >= 0.6 is 11.6 Å². The van der Waals surface area contributed by atoms with E-state index in [0.717, 1.165) is 0 Å². The van der Waals surface area contributed by atoms with Crippen LogP contribution in [0.25, 0.3) is 0 Å². The molecule has 1 heterocycles. The van der Waals surface area contributed by atoms with Gasteiger partial charge in [-0.1, -0.05) is 20.8 Å². The van der Waals surface area contributed by atoms with Gasteiger partial charge in [-0.05, 0) is 0 Å². The quantitative estimate of drug-likeness (QED) is 0.559. The second-order valence-corrected chi connectivity index (χ2v) is 4.37. The fourth-order valence-corrected chi connectivity index (χ4v) is 1.06. The lowest BCUT2D eigenvalue weighted by Gasteiger charge is -2.15. The fourth-order valence-electron chi connectivity index (χ4n) is 0.925. The summed E-state index contributed by atoms with van der Waals surface area (Å²) in [6.45, 7) is 5.56. The van der Waals surface area contributed by atoms with Gasteiger partial charge in [0.25, 0.3) is 0 Å². The molecule has 14 heavy (non-hydrogen) atoms. The molecule has 4 heteroatoms. The Morgan fingerprint density at radius 3 is 2.36 bits per heavy atom. The molecule has 3 nitrogen and oxygen atoms in total. The average Bonchev–Trinajstić information content (AvgIpc) is 2.15. The van der Waals surface area contributed by atoms with Gasteiger partial charge in [0.15, 0.2) is 5.78 Å². The van der Waals surface area contributed by atoms with E-state index in [9.17, 15) is 4.79 Å². The summed E-state index contributed by atoms with van der Waals surface area (Å²) in [5.74, 6) is 0.308. The van der Waals surface area contributed by atoms with Crippen LogP contribution in [0.5, 0.6) is 0 Å². The first kappa shape index (κ1) is 11.1. The van der Waals surface area contributed by atoms with Gasteiger partial charge >= 0.3 is 0 Å². The van der Waals surface area contributed by atoms with Gasteiger partial charge in [0.05, 0.1) is 24.0 Å². The summed E-state index contributed by atoms with van der Waals surface area (Å²) < 4.78 is 0. The Morgan fingerprint density at radius 2 is 2.00 bits per heavy atom. The summed E-state index contributed by atoms with van der Waals surface area (Å²) in [6.07, 6.45) is 3.01. The molecule has 1 aromatic heterocycles. The highest BCUT2D eigenvalue weighted by atomic mass is 35.5. The van der Waals surface area contributed by atoms with Crippen LogP contribution in [0, 0.1) is 5.41 Å². The largest absolute Gasteiger partial charge is 0.292 e.